The highest BCUT2D eigenvalue weighted by Crippen LogP contribution is 2.40. The fourth-order valence-electron chi connectivity index (χ4n) is 3.99. The third-order valence-corrected chi connectivity index (χ3v) is 7.82. The summed E-state index contributed by atoms with van der Waals surface area (Å²) >= 11 is 3.03. The first-order valence-corrected chi connectivity index (χ1v) is 12.6. The minimum atomic E-state index is -0.212. The van der Waals surface area contributed by atoms with Crippen LogP contribution in [0, 0.1) is 0 Å². The zero-order valence-corrected chi connectivity index (χ0v) is 20.4. The Bertz CT molecular complexity index is 1190. The molecule has 10 heteroatoms. The number of amides is 1. The van der Waals surface area contributed by atoms with Crippen molar-refractivity contribution in [2.24, 2.45) is 12.1 Å². The normalized spacial score (nSPS) is 17.8. The maximum absolute atomic E-state index is 13.3. The molecule has 0 spiro atoms. The second kappa shape index (κ2) is 9.18. The van der Waals surface area contributed by atoms with Gasteiger partial charge in [-0.05, 0) is 42.0 Å². The number of rotatable bonds is 8. The Morgan fingerprint density at radius 1 is 1.18 bits per heavy atom. The Labute approximate surface area is 200 Å². The number of thiophene rings is 1. The van der Waals surface area contributed by atoms with Crippen LogP contribution in [-0.4, -0.2) is 51.4 Å². The molecule has 8 nitrogen and oxygen atoms in total. The van der Waals surface area contributed by atoms with E-state index in [1.807, 2.05) is 47.3 Å². The molecule has 1 atom stereocenters. The predicted octanol–water partition coefficient (Wildman–Crippen LogP) is 4.24. The average molecular weight is 484 g/mol. The number of carbonyl (C=O) groups is 1. The van der Waals surface area contributed by atoms with Gasteiger partial charge in [-0.2, -0.15) is 5.10 Å². The monoisotopic (exact) mass is 483 g/mol. The molecule has 0 unspecified atom stereocenters. The predicted molar refractivity (Wildman–Crippen MR) is 128 cm³/mol. The summed E-state index contributed by atoms with van der Waals surface area (Å²) in [5.41, 5.74) is 1.87. The summed E-state index contributed by atoms with van der Waals surface area (Å²) in [6, 6.07) is 9.59. The van der Waals surface area contributed by atoms with E-state index in [1.165, 1.54) is 11.8 Å². The smallest absolute Gasteiger partial charge is 0.253 e. The lowest BCUT2D eigenvalue weighted by molar-refractivity contribution is -0.130. The molecule has 2 aliphatic rings. The van der Waals surface area contributed by atoms with Gasteiger partial charge in [-0.1, -0.05) is 23.9 Å². The number of methoxy groups -OCH3 is 2. The van der Waals surface area contributed by atoms with E-state index in [1.54, 1.807) is 30.6 Å². The first kappa shape index (κ1) is 22.0. The summed E-state index contributed by atoms with van der Waals surface area (Å²) in [4.78, 5) is 14.4. The zero-order chi connectivity index (χ0) is 22.9. The van der Waals surface area contributed by atoms with Gasteiger partial charge in [-0.3, -0.25) is 4.79 Å². The van der Waals surface area contributed by atoms with Gasteiger partial charge in [0.25, 0.3) is 5.91 Å². The summed E-state index contributed by atoms with van der Waals surface area (Å²) in [6.07, 6.45) is 2.97. The van der Waals surface area contributed by atoms with Crippen molar-refractivity contribution in [2.75, 3.05) is 20.0 Å². The van der Waals surface area contributed by atoms with Crippen LogP contribution in [0.15, 0.2) is 46.0 Å². The summed E-state index contributed by atoms with van der Waals surface area (Å²) in [7, 11) is 5.19. The van der Waals surface area contributed by atoms with Crippen LogP contribution in [0.4, 0.5) is 0 Å². The van der Waals surface area contributed by atoms with E-state index in [2.05, 4.69) is 10.2 Å². The number of hydrogen-bond donors (Lipinski definition) is 0. The van der Waals surface area contributed by atoms with Crippen molar-refractivity contribution in [3.05, 3.63) is 52.0 Å². The Kier molecular flexibility index (Phi) is 6.11. The van der Waals surface area contributed by atoms with Gasteiger partial charge < -0.3 is 14.0 Å². The van der Waals surface area contributed by atoms with E-state index in [0.717, 1.165) is 40.0 Å². The second-order valence-corrected chi connectivity index (χ2v) is 9.95. The van der Waals surface area contributed by atoms with E-state index >= 15 is 0 Å². The number of nitrogens with zero attached hydrogens (tertiary/aromatic N) is 5. The molecule has 0 radical (unpaired) electrons. The van der Waals surface area contributed by atoms with Crippen molar-refractivity contribution in [1.82, 2.24) is 19.8 Å². The third-order valence-electron chi connectivity index (χ3n) is 5.90. The van der Waals surface area contributed by atoms with Crippen molar-refractivity contribution in [3.63, 3.8) is 0 Å². The van der Waals surface area contributed by atoms with Crippen molar-refractivity contribution >= 4 is 34.7 Å². The summed E-state index contributed by atoms with van der Waals surface area (Å²) in [5.74, 6) is 2.98. The minimum absolute atomic E-state index is 0.0673. The van der Waals surface area contributed by atoms with Gasteiger partial charge in [-0.15, -0.1) is 21.5 Å². The van der Waals surface area contributed by atoms with Crippen LogP contribution in [-0.2, 0) is 11.8 Å². The molecule has 1 fully saturated rings. The van der Waals surface area contributed by atoms with Gasteiger partial charge in [0.05, 0.1) is 36.6 Å². The van der Waals surface area contributed by atoms with Crippen molar-refractivity contribution < 1.29 is 14.3 Å². The molecule has 3 aromatic rings. The first-order valence-electron chi connectivity index (χ1n) is 10.8. The number of hydrogen-bond acceptors (Lipinski definition) is 8. The third kappa shape index (κ3) is 4.37. The quantitative estimate of drug-likeness (QED) is 0.446. The van der Waals surface area contributed by atoms with Gasteiger partial charge in [-0.25, -0.2) is 5.01 Å². The molecule has 0 N–H and O–H groups in total. The van der Waals surface area contributed by atoms with Crippen molar-refractivity contribution in [3.8, 4) is 11.5 Å². The summed E-state index contributed by atoms with van der Waals surface area (Å²) < 4.78 is 12.9. The number of ether oxygens (including phenoxy) is 2. The number of benzene rings is 1. The number of aromatic nitrogens is 3. The van der Waals surface area contributed by atoms with Gasteiger partial charge in [0.15, 0.2) is 16.7 Å². The molecule has 1 saturated carbocycles. The highest BCUT2D eigenvalue weighted by molar-refractivity contribution is 7.99. The Balaban J connectivity index is 1.38. The van der Waals surface area contributed by atoms with Crippen LogP contribution in [0.3, 0.4) is 0 Å². The summed E-state index contributed by atoms with van der Waals surface area (Å²) in [5, 5.41) is 17.7. The molecule has 1 amide bonds. The maximum Gasteiger partial charge on any atom is 0.253 e. The molecule has 5 rings (SSSR count). The molecule has 33 heavy (non-hydrogen) atoms. The molecule has 1 aliphatic heterocycles. The SMILES string of the molecule is COc1ccc([C@@H]2CC(c3cccs3)=NN2C(=O)CSc2nnc(C3CC3)n2C)cc1OC. The van der Waals surface area contributed by atoms with Crippen LogP contribution < -0.4 is 9.47 Å². The number of carbonyl (C=O) groups excluding carboxylic acids is 1. The highest BCUT2D eigenvalue weighted by atomic mass is 32.2. The Morgan fingerprint density at radius 3 is 2.70 bits per heavy atom. The van der Waals surface area contributed by atoms with Crippen molar-refractivity contribution in [2.45, 2.75) is 36.4 Å². The van der Waals surface area contributed by atoms with E-state index in [4.69, 9.17) is 14.6 Å². The average Bonchev–Trinajstić information content (AvgIpc) is 3.22. The van der Waals surface area contributed by atoms with Crippen LogP contribution in [0.5, 0.6) is 11.5 Å². The van der Waals surface area contributed by atoms with E-state index < -0.39 is 0 Å². The summed E-state index contributed by atoms with van der Waals surface area (Å²) in [6.45, 7) is 0. The lowest BCUT2D eigenvalue weighted by atomic mass is 10.0. The standard InChI is InChI=1S/C23H25N5O3S2/c1-27-22(14-6-7-14)24-25-23(27)33-13-21(29)28-17(12-16(26-28)20-5-4-10-32-20)15-8-9-18(30-2)19(11-15)31-3/h4-5,8-11,14,17H,6-7,12-13H2,1-3H3/t17-/m0/s1. The van der Waals surface area contributed by atoms with Gasteiger partial charge in [0.2, 0.25) is 0 Å². The maximum atomic E-state index is 13.3. The lowest BCUT2D eigenvalue weighted by Gasteiger charge is -2.22. The number of hydrazone groups is 1. The first-order chi connectivity index (χ1) is 16.1. The molecule has 1 aliphatic carbocycles. The van der Waals surface area contributed by atoms with Crippen LogP contribution >= 0.6 is 23.1 Å². The van der Waals surface area contributed by atoms with E-state index in [0.29, 0.717) is 23.8 Å². The van der Waals surface area contributed by atoms with Crippen LogP contribution in [0.25, 0.3) is 0 Å². The molecular formula is C23H25N5O3S2. The Hall–Kier alpha value is -2.85. The van der Waals surface area contributed by atoms with E-state index in [-0.39, 0.29) is 17.7 Å². The molecule has 1 aromatic carbocycles. The largest absolute Gasteiger partial charge is 0.493 e. The molecule has 3 heterocycles. The van der Waals surface area contributed by atoms with E-state index in [9.17, 15) is 4.79 Å². The highest BCUT2D eigenvalue weighted by Gasteiger charge is 2.34. The second-order valence-electron chi connectivity index (χ2n) is 8.06. The van der Waals surface area contributed by atoms with Crippen LogP contribution in [0.1, 0.15) is 47.5 Å². The molecule has 172 valence electrons. The molecule has 2 aromatic heterocycles. The van der Waals surface area contributed by atoms with Crippen LogP contribution in [0.2, 0.25) is 0 Å². The van der Waals surface area contributed by atoms with Gasteiger partial charge in [0, 0.05) is 19.4 Å². The number of thioether (sulfide) groups is 1. The molecule has 0 saturated heterocycles. The topological polar surface area (TPSA) is 81.8 Å². The molecule has 0 bridgehead atoms. The zero-order valence-electron chi connectivity index (χ0n) is 18.7. The lowest BCUT2D eigenvalue weighted by Crippen LogP contribution is -2.28. The fourth-order valence-corrected chi connectivity index (χ4v) is 5.48. The van der Waals surface area contributed by atoms with Gasteiger partial charge >= 0.3 is 0 Å². The fraction of sp³-hybridized carbons (Fsp3) is 0.391. The Morgan fingerprint density at radius 2 is 2.00 bits per heavy atom. The molecular weight excluding hydrogens is 458 g/mol. The minimum Gasteiger partial charge on any atom is -0.493 e. The van der Waals surface area contributed by atoms with Crippen molar-refractivity contribution in [1.29, 1.82) is 0 Å². The van der Waals surface area contributed by atoms with Gasteiger partial charge in [0.1, 0.15) is 5.82 Å².